The van der Waals surface area contributed by atoms with Crippen LogP contribution in [0.15, 0.2) is 23.1 Å². The summed E-state index contributed by atoms with van der Waals surface area (Å²) in [6.07, 6.45) is 2.81. The lowest BCUT2D eigenvalue weighted by molar-refractivity contribution is 0.0810. The Labute approximate surface area is 213 Å². The molecule has 12 heteroatoms. The fourth-order valence-corrected chi connectivity index (χ4v) is 4.88. The van der Waals surface area contributed by atoms with E-state index in [1.807, 2.05) is 6.07 Å². The van der Waals surface area contributed by atoms with Crippen LogP contribution in [0.3, 0.4) is 0 Å². The lowest BCUT2D eigenvalue weighted by atomic mass is 9.91. The third kappa shape index (κ3) is 3.31. The van der Waals surface area contributed by atoms with Crippen molar-refractivity contribution in [3.05, 3.63) is 51.3 Å². The van der Waals surface area contributed by atoms with Crippen molar-refractivity contribution in [2.45, 2.75) is 31.4 Å². The second kappa shape index (κ2) is 7.94. The summed E-state index contributed by atoms with van der Waals surface area (Å²) in [5, 5.41) is 23.1. The number of nitrogens with one attached hydrogen (secondary N) is 2. The number of rotatable bonds is 4. The van der Waals surface area contributed by atoms with E-state index in [2.05, 4.69) is 25.6 Å². The van der Waals surface area contributed by atoms with Gasteiger partial charge in [0.05, 0.1) is 46.2 Å². The molecule has 1 aromatic carbocycles. The van der Waals surface area contributed by atoms with Gasteiger partial charge >= 0.3 is 0 Å². The molecule has 2 aliphatic rings. The molecular formula is C25H21FN8O3. The number of aromatic amines is 1. The van der Waals surface area contributed by atoms with E-state index in [-0.39, 0.29) is 80.4 Å². The van der Waals surface area contributed by atoms with Crippen molar-refractivity contribution in [1.29, 1.82) is 5.26 Å². The molecule has 1 aliphatic carbocycles. The van der Waals surface area contributed by atoms with Crippen LogP contribution in [0.2, 0.25) is 0 Å². The Balaban J connectivity index is 1.63. The highest BCUT2D eigenvalue weighted by molar-refractivity contribution is 6.03. The molecule has 0 unspecified atom stereocenters. The number of hydrogen-bond acceptors (Lipinski definition) is 9. The molecule has 3 aromatic heterocycles. The molecule has 4 heterocycles. The number of ether oxygens (including phenoxy) is 1. The van der Waals surface area contributed by atoms with Gasteiger partial charge in [0, 0.05) is 35.6 Å². The van der Waals surface area contributed by atoms with Gasteiger partial charge in [0.15, 0.2) is 5.78 Å². The van der Waals surface area contributed by atoms with Crippen molar-refractivity contribution < 1.29 is 18.0 Å². The number of Topliss-reactive ketones (excluding diaryl/α,β-unsaturated/α-hetero) is 1. The smallest absolute Gasteiger partial charge is 0.275 e. The summed E-state index contributed by atoms with van der Waals surface area (Å²) >= 11 is 0. The Morgan fingerprint density at radius 1 is 1.38 bits per heavy atom. The predicted molar refractivity (Wildman–Crippen MR) is 131 cm³/mol. The molecule has 11 nitrogen and oxygen atoms in total. The molecular weight excluding hydrogens is 479 g/mol. The highest BCUT2D eigenvalue weighted by Gasteiger charge is 2.51. The first-order chi connectivity index (χ1) is 18.9. The van der Waals surface area contributed by atoms with Crippen LogP contribution in [-0.4, -0.2) is 43.3 Å². The van der Waals surface area contributed by atoms with Gasteiger partial charge in [0.25, 0.3) is 5.56 Å². The van der Waals surface area contributed by atoms with Crippen LogP contribution in [0.25, 0.3) is 33.3 Å². The van der Waals surface area contributed by atoms with Gasteiger partial charge in [0.1, 0.15) is 34.6 Å². The highest BCUT2D eigenvalue weighted by Crippen LogP contribution is 2.51. The Bertz CT molecular complexity index is 1850. The first-order valence-corrected chi connectivity index (χ1v) is 11.4. The molecule has 1 spiro atoms. The maximum absolute atomic E-state index is 15.8. The van der Waals surface area contributed by atoms with E-state index >= 15 is 4.39 Å². The number of nitriles is 1. The maximum atomic E-state index is 15.8. The first kappa shape index (κ1) is 19.5. The van der Waals surface area contributed by atoms with Crippen molar-refractivity contribution in [1.82, 2.24) is 25.0 Å². The molecule has 1 aliphatic heterocycles. The SMILES string of the molecule is [2H]C([2H])([2H])Nc1nc(-c2cnn(C)c2-c2c(F)cc3c(c2C#N)OC2(CC2)CC3=O)cc2c(CN)n[nH]c(=O)c12. The lowest BCUT2D eigenvalue weighted by Gasteiger charge is -2.27. The van der Waals surface area contributed by atoms with Crippen molar-refractivity contribution in [3.63, 3.8) is 0 Å². The number of pyridine rings is 1. The number of hydrogen-bond donors (Lipinski definition) is 3. The first-order valence-electron chi connectivity index (χ1n) is 12.9. The minimum Gasteiger partial charge on any atom is -0.485 e. The predicted octanol–water partition coefficient (Wildman–Crippen LogP) is 2.39. The number of ketones is 1. The van der Waals surface area contributed by atoms with E-state index in [1.165, 1.54) is 24.0 Å². The van der Waals surface area contributed by atoms with Crippen molar-refractivity contribution in [2.24, 2.45) is 12.8 Å². The van der Waals surface area contributed by atoms with Crippen molar-refractivity contribution >= 4 is 22.4 Å². The molecule has 4 N–H and O–H groups in total. The molecule has 1 fully saturated rings. The highest BCUT2D eigenvalue weighted by atomic mass is 19.1. The molecule has 0 atom stereocenters. The third-order valence-corrected chi connectivity index (χ3v) is 6.87. The number of halogens is 1. The number of aryl methyl sites for hydroxylation is 1. The Kier molecular flexibility index (Phi) is 4.19. The summed E-state index contributed by atoms with van der Waals surface area (Å²) in [4.78, 5) is 29.9. The van der Waals surface area contributed by atoms with Gasteiger partial charge in [-0.15, -0.1) is 0 Å². The van der Waals surface area contributed by atoms with Gasteiger partial charge < -0.3 is 15.8 Å². The monoisotopic (exact) mass is 503 g/mol. The molecule has 37 heavy (non-hydrogen) atoms. The summed E-state index contributed by atoms with van der Waals surface area (Å²) in [6.45, 7) is -2.80. The second-order valence-corrected chi connectivity index (χ2v) is 9.12. The number of carbonyl (C=O) groups is 1. The Hall–Kier alpha value is -4.63. The maximum Gasteiger partial charge on any atom is 0.275 e. The molecule has 186 valence electrons. The fraction of sp³-hybridized carbons (Fsp3) is 0.280. The zero-order valence-electron chi connectivity index (χ0n) is 22.5. The van der Waals surface area contributed by atoms with Gasteiger partial charge in [-0.2, -0.15) is 15.5 Å². The summed E-state index contributed by atoms with van der Waals surface area (Å²) in [5.74, 6) is -1.38. The van der Waals surface area contributed by atoms with Crippen LogP contribution in [0.4, 0.5) is 10.2 Å². The fourth-order valence-electron chi connectivity index (χ4n) is 4.88. The number of H-pyrrole nitrogens is 1. The lowest BCUT2D eigenvalue weighted by Crippen LogP contribution is -2.29. The van der Waals surface area contributed by atoms with Crippen molar-refractivity contribution in [2.75, 3.05) is 12.3 Å². The molecule has 0 saturated heterocycles. The number of benzene rings is 1. The second-order valence-electron chi connectivity index (χ2n) is 9.12. The molecule has 6 rings (SSSR count). The van der Waals surface area contributed by atoms with Crippen LogP contribution >= 0.6 is 0 Å². The van der Waals surface area contributed by atoms with E-state index in [0.29, 0.717) is 12.8 Å². The van der Waals surface area contributed by atoms with E-state index < -0.39 is 24.0 Å². The van der Waals surface area contributed by atoms with E-state index in [9.17, 15) is 14.9 Å². The van der Waals surface area contributed by atoms with Gasteiger partial charge in [-0.25, -0.2) is 14.5 Å². The average Bonchev–Trinajstić information content (AvgIpc) is 3.52. The van der Waals surface area contributed by atoms with E-state index in [0.717, 1.165) is 6.07 Å². The summed E-state index contributed by atoms with van der Waals surface area (Å²) in [7, 11) is 1.54. The van der Waals surface area contributed by atoms with E-state index in [4.69, 9.17) is 14.6 Å². The number of nitrogens with zero attached hydrogens (tertiary/aromatic N) is 5. The Morgan fingerprint density at radius 2 is 2.19 bits per heavy atom. The molecule has 0 bridgehead atoms. The number of fused-ring (bicyclic) bond motifs is 2. The standard InChI is InChI=1S/C25H21FN8O3/c1-29-23-20-11(17(9-28)32-33-24(20)36)6-16(31-23)14-10-30-34(2)21(14)19-13(8-27)22-12(5-15(19)26)18(35)7-25(37-22)3-4-25/h5-6,10H,3-4,7,9,28H2,1-2H3,(H,29,31)(H,33,36)/i1D3. The minimum atomic E-state index is -2.71. The summed E-state index contributed by atoms with van der Waals surface area (Å²) in [5.41, 5.74) is 4.88. The molecule has 4 aromatic rings. The zero-order valence-corrected chi connectivity index (χ0v) is 19.5. The summed E-state index contributed by atoms with van der Waals surface area (Å²) in [6, 6.07) is 4.54. The van der Waals surface area contributed by atoms with Gasteiger partial charge in [0.2, 0.25) is 0 Å². The van der Waals surface area contributed by atoms with Crippen LogP contribution in [0.1, 0.15) is 45.0 Å². The average molecular weight is 504 g/mol. The van der Waals surface area contributed by atoms with Crippen LogP contribution < -0.4 is 21.3 Å². The van der Waals surface area contributed by atoms with Gasteiger partial charge in [-0.05, 0) is 25.0 Å². The topological polar surface area (TPSA) is 165 Å². The minimum absolute atomic E-state index is 0.00456. The van der Waals surface area contributed by atoms with E-state index in [1.54, 1.807) is 0 Å². The molecule has 0 amide bonds. The number of carbonyl (C=O) groups excluding carboxylic acids is 1. The largest absolute Gasteiger partial charge is 0.485 e. The molecule has 0 radical (unpaired) electrons. The number of nitrogens with two attached hydrogens (primary N) is 1. The van der Waals surface area contributed by atoms with Crippen molar-refractivity contribution in [3.8, 4) is 34.3 Å². The van der Waals surface area contributed by atoms with Crippen LogP contribution in [-0.2, 0) is 13.6 Å². The number of anilines is 1. The normalized spacial score (nSPS) is 16.9. The summed E-state index contributed by atoms with van der Waals surface area (Å²) < 4.78 is 46.3. The Morgan fingerprint density at radius 3 is 2.89 bits per heavy atom. The molecule has 1 saturated carbocycles. The number of aromatic nitrogens is 5. The van der Waals surface area contributed by atoms with Gasteiger partial charge in [-0.1, -0.05) is 0 Å². The quantitative estimate of drug-likeness (QED) is 0.379. The van der Waals surface area contributed by atoms with Crippen LogP contribution in [0, 0.1) is 17.1 Å². The van der Waals surface area contributed by atoms with Crippen LogP contribution in [0.5, 0.6) is 5.75 Å². The zero-order chi connectivity index (χ0) is 28.6. The van der Waals surface area contributed by atoms with Gasteiger partial charge in [-0.3, -0.25) is 14.3 Å². The third-order valence-electron chi connectivity index (χ3n) is 6.87.